The van der Waals surface area contributed by atoms with Crippen LogP contribution in [0.3, 0.4) is 0 Å². The van der Waals surface area contributed by atoms with Crippen LogP contribution in [0.15, 0.2) is 72.8 Å². The van der Waals surface area contributed by atoms with Gasteiger partial charge < -0.3 is 15.5 Å². The Morgan fingerprint density at radius 2 is 1.75 bits per heavy atom. The molecule has 0 radical (unpaired) electrons. The van der Waals surface area contributed by atoms with Gasteiger partial charge in [0.15, 0.2) is 0 Å². The van der Waals surface area contributed by atoms with Crippen LogP contribution in [0.5, 0.6) is 0 Å². The van der Waals surface area contributed by atoms with Crippen molar-refractivity contribution in [2.75, 3.05) is 23.7 Å². The molecule has 1 heterocycles. The molecule has 164 valence electrons. The van der Waals surface area contributed by atoms with Crippen molar-refractivity contribution >= 4 is 34.9 Å². The molecule has 6 heteroatoms. The van der Waals surface area contributed by atoms with Crippen molar-refractivity contribution < 1.29 is 9.59 Å². The predicted octanol–water partition coefficient (Wildman–Crippen LogP) is 6.31. The summed E-state index contributed by atoms with van der Waals surface area (Å²) in [5.74, 6) is 0.0558. The third-order valence-corrected chi connectivity index (χ3v) is 6.07. The van der Waals surface area contributed by atoms with Crippen molar-refractivity contribution in [2.45, 2.75) is 25.7 Å². The van der Waals surface area contributed by atoms with E-state index < -0.39 is 0 Å². The highest BCUT2D eigenvalue weighted by Crippen LogP contribution is 2.28. The number of para-hydroxylation sites is 1. The topological polar surface area (TPSA) is 61.4 Å². The van der Waals surface area contributed by atoms with E-state index in [0.717, 1.165) is 35.3 Å². The smallest absolute Gasteiger partial charge is 0.321 e. The fourth-order valence-corrected chi connectivity index (χ4v) is 4.14. The van der Waals surface area contributed by atoms with Gasteiger partial charge in [0.25, 0.3) is 5.91 Å². The van der Waals surface area contributed by atoms with E-state index >= 15 is 0 Å². The molecule has 0 bridgehead atoms. The Balaban J connectivity index is 1.43. The summed E-state index contributed by atoms with van der Waals surface area (Å²) in [6.45, 7) is 3.30. The lowest BCUT2D eigenvalue weighted by Gasteiger charge is -2.33. The number of hydrogen-bond acceptors (Lipinski definition) is 2. The van der Waals surface area contributed by atoms with E-state index in [9.17, 15) is 9.59 Å². The van der Waals surface area contributed by atoms with Gasteiger partial charge in [-0.25, -0.2) is 4.79 Å². The molecule has 1 aliphatic rings. The fraction of sp³-hybridized carbons (Fsp3) is 0.231. The summed E-state index contributed by atoms with van der Waals surface area (Å²) in [6, 6.07) is 22.4. The molecular formula is C26H26ClN3O2. The number of amides is 3. The maximum atomic E-state index is 12.8. The zero-order valence-electron chi connectivity index (χ0n) is 18.0. The van der Waals surface area contributed by atoms with Crippen molar-refractivity contribution in [1.82, 2.24) is 4.90 Å². The van der Waals surface area contributed by atoms with E-state index in [2.05, 4.69) is 10.6 Å². The third-order valence-electron chi connectivity index (χ3n) is 5.82. The quantitative estimate of drug-likeness (QED) is 0.492. The van der Waals surface area contributed by atoms with Crippen LogP contribution >= 0.6 is 11.6 Å². The third kappa shape index (κ3) is 5.29. The van der Waals surface area contributed by atoms with Gasteiger partial charge in [-0.15, -0.1) is 0 Å². The lowest BCUT2D eigenvalue weighted by molar-refractivity contribution is 0.102. The van der Waals surface area contributed by atoms with Gasteiger partial charge in [-0.2, -0.15) is 0 Å². The van der Waals surface area contributed by atoms with Crippen LogP contribution in [0.1, 0.15) is 40.2 Å². The number of nitrogens with one attached hydrogen (secondary N) is 2. The molecule has 3 amide bonds. The normalized spacial score (nSPS) is 15.8. The lowest BCUT2D eigenvalue weighted by Crippen LogP contribution is -2.41. The van der Waals surface area contributed by atoms with Gasteiger partial charge in [0.1, 0.15) is 0 Å². The summed E-state index contributed by atoms with van der Waals surface area (Å²) in [5, 5.41) is 6.56. The van der Waals surface area contributed by atoms with E-state index in [1.54, 1.807) is 24.3 Å². The summed E-state index contributed by atoms with van der Waals surface area (Å²) in [5.41, 5.74) is 4.24. The molecule has 0 saturated carbocycles. The minimum atomic E-state index is -0.130. The Morgan fingerprint density at radius 3 is 2.53 bits per heavy atom. The number of urea groups is 1. The molecule has 0 spiro atoms. The molecule has 0 aromatic heterocycles. The van der Waals surface area contributed by atoms with Crippen molar-refractivity contribution in [2.24, 2.45) is 0 Å². The van der Waals surface area contributed by atoms with Crippen molar-refractivity contribution in [3.8, 4) is 0 Å². The Kier molecular flexibility index (Phi) is 6.76. The van der Waals surface area contributed by atoms with Crippen LogP contribution in [0.2, 0.25) is 5.02 Å². The second-order valence-corrected chi connectivity index (χ2v) is 8.55. The molecule has 0 unspecified atom stereocenters. The molecule has 1 fully saturated rings. The van der Waals surface area contributed by atoms with Crippen molar-refractivity contribution in [1.29, 1.82) is 0 Å². The number of carbonyl (C=O) groups is 2. The molecule has 0 aliphatic carbocycles. The first-order valence-electron chi connectivity index (χ1n) is 10.8. The largest absolute Gasteiger partial charge is 0.324 e. The van der Waals surface area contributed by atoms with Crippen LogP contribution in [-0.4, -0.2) is 29.9 Å². The second-order valence-electron chi connectivity index (χ2n) is 8.12. The number of aryl methyl sites for hydroxylation is 1. The zero-order chi connectivity index (χ0) is 22.5. The number of halogens is 1. The first-order valence-corrected chi connectivity index (χ1v) is 11.2. The number of anilines is 2. The highest BCUT2D eigenvalue weighted by atomic mass is 35.5. The molecule has 1 saturated heterocycles. The summed E-state index contributed by atoms with van der Waals surface area (Å²) in [6.07, 6.45) is 1.89. The molecule has 2 N–H and O–H groups in total. The Bertz CT molecular complexity index is 1110. The van der Waals surface area contributed by atoms with E-state index in [0.29, 0.717) is 23.7 Å². The molecule has 1 aliphatic heterocycles. The molecular weight excluding hydrogens is 422 g/mol. The highest BCUT2D eigenvalue weighted by molar-refractivity contribution is 6.30. The maximum absolute atomic E-state index is 12.8. The number of piperidine rings is 1. The monoisotopic (exact) mass is 447 g/mol. The van der Waals surface area contributed by atoms with E-state index in [1.807, 2.05) is 60.4 Å². The zero-order valence-corrected chi connectivity index (χ0v) is 18.7. The predicted molar refractivity (Wildman–Crippen MR) is 130 cm³/mol. The van der Waals surface area contributed by atoms with Gasteiger partial charge in [0.05, 0.1) is 0 Å². The van der Waals surface area contributed by atoms with Gasteiger partial charge in [-0.3, -0.25) is 4.79 Å². The molecule has 3 aromatic rings. The van der Waals surface area contributed by atoms with Crippen LogP contribution in [-0.2, 0) is 0 Å². The molecule has 5 nitrogen and oxygen atoms in total. The molecule has 32 heavy (non-hydrogen) atoms. The minimum Gasteiger partial charge on any atom is -0.324 e. The van der Waals surface area contributed by atoms with Gasteiger partial charge in [-0.1, -0.05) is 41.9 Å². The van der Waals surface area contributed by atoms with Crippen LogP contribution in [0.4, 0.5) is 16.2 Å². The average Bonchev–Trinajstić information content (AvgIpc) is 2.82. The Morgan fingerprint density at radius 1 is 0.969 bits per heavy atom. The summed E-state index contributed by atoms with van der Waals surface area (Å²) < 4.78 is 0. The number of carbonyl (C=O) groups excluding carboxylic acids is 2. The summed E-state index contributed by atoms with van der Waals surface area (Å²) >= 11 is 5.92. The lowest BCUT2D eigenvalue weighted by atomic mass is 9.89. The first-order chi connectivity index (χ1) is 15.5. The van der Waals surface area contributed by atoms with Crippen LogP contribution in [0, 0.1) is 6.92 Å². The molecule has 1 atom stereocenters. The van der Waals surface area contributed by atoms with Crippen LogP contribution in [0.25, 0.3) is 0 Å². The Hall–Kier alpha value is -3.31. The van der Waals surface area contributed by atoms with Crippen molar-refractivity contribution in [3.05, 3.63) is 94.5 Å². The number of nitrogens with zero attached hydrogens (tertiary/aromatic N) is 1. The molecule has 3 aromatic carbocycles. The number of hydrogen-bond donors (Lipinski definition) is 2. The van der Waals surface area contributed by atoms with Gasteiger partial charge >= 0.3 is 6.03 Å². The highest BCUT2D eigenvalue weighted by Gasteiger charge is 2.25. The first kappa shape index (κ1) is 21.9. The van der Waals surface area contributed by atoms with Gasteiger partial charge in [0.2, 0.25) is 0 Å². The van der Waals surface area contributed by atoms with E-state index in [-0.39, 0.29) is 17.9 Å². The number of benzene rings is 3. The minimum absolute atomic E-state index is 0.120. The standard InChI is InChI=1S/C26H26ClN3O2/c1-18-6-2-3-10-24(18)29-25(31)20-8-4-7-19(16-20)21-9-5-15-30(17-21)26(32)28-23-13-11-22(27)12-14-23/h2-4,6-8,10-14,16,21H,5,9,15,17H2,1H3,(H,28,32)(H,29,31)/t21-/m0/s1. The Labute approximate surface area is 193 Å². The van der Waals surface area contributed by atoms with Crippen molar-refractivity contribution in [3.63, 3.8) is 0 Å². The fourth-order valence-electron chi connectivity index (χ4n) is 4.01. The van der Waals surface area contributed by atoms with Gasteiger partial charge in [-0.05, 0) is 73.4 Å². The SMILES string of the molecule is Cc1ccccc1NC(=O)c1cccc([C@H]2CCCN(C(=O)Nc3ccc(Cl)cc3)C2)c1. The van der Waals surface area contributed by atoms with E-state index in [1.165, 1.54) is 0 Å². The maximum Gasteiger partial charge on any atom is 0.321 e. The summed E-state index contributed by atoms with van der Waals surface area (Å²) in [4.78, 5) is 27.4. The number of rotatable bonds is 4. The van der Waals surface area contributed by atoms with Crippen LogP contribution < -0.4 is 10.6 Å². The second kappa shape index (κ2) is 9.88. The summed E-state index contributed by atoms with van der Waals surface area (Å²) in [7, 11) is 0. The molecule has 4 rings (SSSR count). The average molecular weight is 448 g/mol. The van der Waals surface area contributed by atoms with Gasteiger partial charge in [0, 0.05) is 41.0 Å². The number of likely N-dealkylation sites (tertiary alicyclic amines) is 1. The van der Waals surface area contributed by atoms with E-state index in [4.69, 9.17) is 11.6 Å².